The van der Waals surface area contributed by atoms with E-state index in [1.54, 1.807) is 5.57 Å². The highest BCUT2D eigenvalue weighted by molar-refractivity contribution is 5.69. The molecule has 6 nitrogen and oxygen atoms in total. The highest BCUT2D eigenvalue weighted by Crippen LogP contribution is 2.67. The molecule has 1 N–H and O–H groups in total. The summed E-state index contributed by atoms with van der Waals surface area (Å²) in [6.45, 7) is 14.8. The van der Waals surface area contributed by atoms with E-state index >= 15 is 0 Å². The number of esters is 1. The molecule has 0 aromatic carbocycles. The van der Waals surface area contributed by atoms with E-state index in [1.165, 1.54) is 70.6 Å². The molecular formula is C47H76O6. The molecule has 53 heavy (non-hydrogen) atoms. The van der Waals surface area contributed by atoms with Crippen LogP contribution in [0.4, 0.5) is 0 Å². The third-order valence-electron chi connectivity index (χ3n) is 14.7. The van der Waals surface area contributed by atoms with Crippen LogP contribution in [0.15, 0.2) is 48.1 Å². The molecule has 5 rings (SSSR count). The van der Waals surface area contributed by atoms with Gasteiger partial charge in [-0.15, -0.1) is 0 Å². The zero-order valence-electron chi connectivity index (χ0n) is 34.4. The average Bonchev–Trinajstić information content (AvgIpc) is 3.75. The van der Waals surface area contributed by atoms with Gasteiger partial charge >= 0.3 is 5.97 Å². The largest absolute Gasteiger partial charge is 0.462 e. The minimum atomic E-state index is -0.498. The average molecular weight is 737 g/mol. The van der Waals surface area contributed by atoms with Crippen molar-refractivity contribution in [3.05, 3.63) is 48.1 Å². The summed E-state index contributed by atoms with van der Waals surface area (Å²) < 4.78 is 6.09. The van der Waals surface area contributed by atoms with E-state index in [4.69, 9.17) is 19.4 Å². The summed E-state index contributed by atoms with van der Waals surface area (Å²) in [7, 11) is 0. The van der Waals surface area contributed by atoms with E-state index in [9.17, 15) is 10.1 Å². The number of unbranched alkanes of at least 4 members (excludes halogenated alkanes) is 4. The van der Waals surface area contributed by atoms with E-state index in [2.05, 4.69) is 65.8 Å². The van der Waals surface area contributed by atoms with Gasteiger partial charge in [0.15, 0.2) is 0 Å². The summed E-state index contributed by atoms with van der Waals surface area (Å²) in [4.78, 5) is 28.6. The molecule has 0 aromatic heterocycles. The summed E-state index contributed by atoms with van der Waals surface area (Å²) in [6.07, 6.45) is 35.9. The molecule has 0 spiro atoms. The van der Waals surface area contributed by atoms with Gasteiger partial charge in [-0.2, -0.15) is 0 Å². The van der Waals surface area contributed by atoms with E-state index < -0.39 is 6.10 Å². The standard InChI is InChI=1S/C47H76O6/c1-7-8-9-10-11-12-15-21-38-33-44(53-52-38)43(51-49)22-16-13-14-17-23-45(48)50-37-28-30-46(5)36(32-37)24-25-39-41-27-26-40(35(4)20-18-19-34(2)3)47(41,6)31-29-42(39)46/h11-13,15-16,21,24,34-35,37-44,49H,7-10,14,17-20,22-23,25-33H2,1-6H3/b12-11+,16-13-,21-15+/t35-,37+,38?,39+,40-,41+,42+,43?,44?,46+,47-/m1/s1. The van der Waals surface area contributed by atoms with Crippen LogP contribution in [0.2, 0.25) is 0 Å². The van der Waals surface area contributed by atoms with Gasteiger partial charge in [-0.1, -0.05) is 122 Å². The molecule has 6 heteroatoms. The van der Waals surface area contributed by atoms with Crippen LogP contribution in [0.1, 0.15) is 170 Å². The fourth-order valence-corrected chi connectivity index (χ4v) is 11.6. The maximum Gasteiger partial charge on any atom is 0.306 e. The zero-order chi connectivity index (χ0) is 37.8. The quantitative estimate of drug-likeness (QED) is 0.0335. The molecule has 0 aromatic rings. The Morgan fingerprint density at radius 3 is 2.57 bits per heavy atom. The molecule has 0 radical (unpaired) electrons. The molecule has 5 aliphatic rings. The lowest BCUT2D eigenvalue weighted by atomic mass is 9.47. The van der Waals surface area contributed by atoms with Crippen molar-refractivity contribution in [2.75, 3.05) is 0 Å². The first-order valence-corrected chi connectivity index (χ1v) is 22.1. The molecule has 3 saturated carbocycles. The Balaban J connectivity index is 1.00. The van der Waals surface area contributed by atoms with Crippen molar-refractivity contribution in [3.8, 4) is 0 Å². The second kappa shape index (κ2) is 20.4. The molecule has 11 atom stereocenters. The Morgan fingerprint density at radius 2 is 1.77 bits per heavy atom. The zero-order valence-corrected chi connectivity index (χ0v) is 34.4. The van der Waals surface area contributed by atoms with E-state index in [0.29, 0.717) is 24.7 Å². The van der Waals surface area contributed by atoms with Crippen LogP contribution in [-0.4, -0.2) is 35.6 Å². The van der Waals surface area contributed by atoms with Crippen molar-refractivity contribution >= 4 is 5.97 Å². The topological polar surface area (TPSA) is 74.2 Å². The van der Waals surface area contributed by atoms with Crippen molar-refractivity contribution in [2.24, 2.45) is 46.3 Å². The van der Waals surface area contributed by atoms with Crippen LogP contribution >= 0.6 is 0 Å². The fourth-order valence-electron chi connectivity index (χ4n) is 11.6. The molecule has 4 aliphatic carbocycles. The third-order valence-corrected chi connectivity index (χ3v) is 14.7. The van der Waals surface area contributed by atoms with E-state index in [-0.39, 0.29) is 29.7 Å². The van der Waals surface area contributed by atoms with Gasteiger partial charge in [0, 0.05) is 19.3 Å². The van der Waals surface area contributed by atoms with E-state index in [0.717, 1.165) is 74.0 Å². The highest BCUT2D eigenvalue weighted by Gasteiger charge is 2.59. The van der Waals surface area contributed by atoms with Crippen molar-refractivity contribution in [1.82, 2.24) is 0 Å². The Hall–Kier alpha value is -1.73. The van der Waals surface area contributed by atoms with Crippen molar-refractivity contribution in [2.45, 2.75) is 194 Å². The lowest BCUT2D eigenvalue weighted by Crippen LogP contribution is -2.51. The van der Waals surface area contributed by atoms with Gasteiger partial charge in [0.2, 0.25) is 0 Å². The van der Waals surface area contributed by atoms with Crippen LogP contribution in [0.5, 0.6) is 0 Å². The monoisotopic (exact) mass is 737 g/mol. The number of fused-ring (bicyclic) bond motifs is 5. The SMILES string of the molecule is CCCCC/C=C/C=C/C1CC(C(C/C=C\CCCC(=O)O[C@H]2CC[C@@]3(C)C(=CC[C@H]4[C@@H]5CC[C@H]([C@H](C)CCCC(C)C)[C@@]5(C)CC[C@@H]43)C2)OO)OO1. The predicted molar refractivity (Wildman–Crippen MR) is 215 cm³/mol. The predicted octanol–water partition coefficient (Wildman–Crippen LogP) is 12.7. The van der Waals surface area contributed by atoms with Crippen LogP contribution < -0.4 is 0 Å². The van der Waals surface area contributed by atoms with Crippen molar-refractivity contribution in [1.29, 1.82) is 0 Å². The maximum absolute atomic E-state index is 12.9. The summed E-state index contributed by atoms with van der Waals surface area (Å²) in [5, 5.41) is 9.51. The number of ether oxygens (including phenoxy) is 1. The Morgan fingerprint density at radius 1 is 0.943 bits per heavy atom. The van der Waals surface area contributed by atoms with Crippen molar-refractivity contribution in [3.63, 3.8) is 0 Å². The van der Waals surface area contributed by atoms with Gasteiger partial charge in [0.25, 0.3) is 0 Å². The third kappa shape index (κ3) is 11.0. The number of carbonyl (C=O) groups excluding carboxylic acids is 1. The van der Waals surface area contributed by atoms with Gasteiger partial charge in [0.05, 0.1) is 0 Å². The first-order valence-electron chi connectivity index (χ1n) is 22.1. The Bertz CT molecular complexity index is 1250. The number of carbonyl (C=O) groups is 1. The lowest BCUT2D eigenvalue weighted by Gasteiger charge is -2.58. The van der Waals surface area contributed by atoms with Crippen molar-refractivity contribution < 1.29 is 29.5 Å². The number of rotatable bonds is 20. The molecule has 300 valence electrons. The second-order valence-electron chi connectivity index (χ2n) is 18.7. The minimum Gasteiger partial charge on any atom is -0.462 e. The highest BCUT2D eigenvalue weighted by atomic mass is 17.2. The lowest BCUT2D eigenvalue weighted by molar-refractivity contribution is -0.347. The summed E-state index contributed by atoms with van der Waals surface area (Å²) >= 11 is 0. The van der Waals surface area contributed by atoms with Gasteiger partial charge in [-0.3, -0.25) is 10.1 Å². The first kappa shape index (κ1) is 42.4. The summed E-state index contributed by atoms with van der Waals surface area (Å²) in [6, 6.07) is 0. The number of hydrogen-bond acceptors (Lipinski definition) is 6. The van der Waals surface area contributed by atoms with Crippen LogP contribution in [-0.2, 0) is 24.2 Å². The fraction of sp³-hybridized carbons (Fsp3) is 0.809. The summed E-state index contributed by atoms with van der Waals surface area (Å²) in [5.41, 5.74) is 2.37. The van der Waals surface area contributed by atoms with Crippen LogP contribution in [0.25, 0.3) is 0 Å². The number of hydrogen-bond donors (Lipinski definition) is 1. The van der Waals surface area contributed by atoms with E-state index in [1.807, 2.05) is 18.2 Å². The molecule has 0 bridgehead atoms. The Labute approximate surface area is 323 Å². The normalized spacial score (nSPS) is 35.5. The minimum absolute atomic E-state index is 0.0157. The van der Waals surface area contributed by atoms with Gasteiger partial charge in [0.1, 0.15) is 24.4 Å². The first-order chi connectivity index (χ1) is 25.6. The number of allylic oxidation sites excluding steroid dienone is 5. The van der Waals surface area contributed by atoms with Crippen LogP contribution in [0.3, 0.4) is 0 Å². The molecule has 1 heterocycles. The molecular weight excluding hydrogens is 661 g/mol. The smallest absolute Gasteiger partial charge is 0.306 e. The molecule has 1 aliphatic heterocycles. The molecule has 0 amide bonds. The van der Waals surface area contributed by atoms with Gasteiger partial charge < -0.3 is 4.74 Å². The molecule has 1 saturated heterocycles. The maximum atomic E-state index is 12.9. The van der Waals surface area contributed by atoms with Crippen LogP contribution in [0, 0.1) is 46.3 Å². The second-order valence-corrected chi connectivity index (χ2v) is 18.7. The van der Waals surface area contributed by atoms with Gasteiger partial charge in [-0.25, -0.2) is 14.7 Å². The molecule has 3 unspecified atom stereocenters. The van der Waals surface area contributed by atoms with Gasteiger partial charge in [-0.05, 0) is 123 Å². The Kier molecular flexibility index (Phi) is 16.4. The summed E-state index contributed by atoms with van der Waals surface area (Å²) in [5.74, 6) is 4.97. The molecule has 4 fully saturated rings.